The zero-order valence-corrected chi connectivity index (χ0v) is 7.71. The lowest BCUT2D eigenvalue weighted by molar-refractivity contribution is 0.0988. The van der Waals surface area contributed by atoms with Crippen LogP contribution in [0.15, 0.2) is 29.3 Å². The second-order valence-electron chi connectivity index (χ2n) is 2.89. The number of allylic oxidation sites excluding steroid dienone is 2. The van der Waals surface area contributed by atoms with Crippen molar-refractivity contribution in [2.75, 3.05) is 0 Å². The van der Waals surface area contributed by atoms with Gasteiger partial charge in [0.15, 0.2) is 5.78 Å². The molecule has 14 heavy (non-hydrogen) atoms. The highest BCUT2D eigenvalue weighted by molar-refractivity contribution is 6.49. The van der Waals surface area contributed by atoms with Crippen LogP contribution in [-0.4, -0.2) is 16.7 Å². The van der Waals surface area contributed by atoms with Gasteiger partial charge >= 0.3 is 0 Å². The van der Waals surface area contributed by atoms with Crippen molar-refractivity contribution in [2.45, 2.75) is 0 Å². The number of fused-ring (bicyclic) bond motifs is 1. The molecule has 1 aromatic carbocycles. The van der Waals surface area contributed by atoms with Crippen LogP contribution in [0.5, 0.6) is 5.75 Å². The molecule has 0 bridgehead atoms. The number of hydrogen-bond donors (Lipinski definition) is 1. The van der Waals surface area contributed by atoms with Crippen LogP contribution in [0.3, 0.4) is 0 Å². The molecule has 1 aliphatic rings. The molecule has 0 aliphatic heterocycles. The number of hydrogen-bond acceptors (Lipinski definition) is 3. The van der Waals surface area contributed by atoms with Gasteiger partial charge in [-0.25, -0.2) is 0 Å². The first-order valence-electron chi connectivity index (χ1n) is 3.89. The van der Waals surface area contributed by atoms with Crippen LogP contribution in [0, 0.1) is 0 Å². The summed E-state index contributed by atoms with van der Waals surface area (Å²) in [6.07, 6.45) is 1.06. The van der Waals surface area contributed by atoms with Gasteiger partial charge in [-0.05, 0) is 6.07 Å². The van der Waals surface area contributed by atoms with Crippen molar-refractivity contribution in [2.24, 2.45) is 0 Å². The van der Waals surface area contributed by atoms with Crippen LogP contribution in [0.2, 0.25) is 0 Å². The minimum Gasteiger partial charge on any atom is -0.507 e. The fourth-order valence-electron chi connectivity index (χ4n) is 1.36. The van der Waals surface area contributed by atoms with E-state index < -0.39 is 5.78 Å². The average Bonchev–Trinajstić information content (AvgIpc) is 2.14. The quantitative estimate of drug-likeness (QED) is 0.709. The molecule has 0 radical (unpaired) electrons. The van der Waals surface area contributed by atoms with E-state index in [1.807, 2.05) is 0 Å². The molecule has 0 saturated carbocycles. The molecule has 0 spiro atoms. The molecule has 0 atom stereocenters. The molecule has 1 N–H and O–H groups in total. The van der Waals surface area contributed by atoms with E-state index in [4.69, 9.17) is 11.6 Å². The van der Waals surface area contributed by atoms with Gasteiger partial charge in [0.25, 0.3) is 0 Å². The second kappa shape index (κ2) is 2.96. The standard InChI is InChI=1S/C10H5ClO3/c11-6-4-8(13)5-2-1-3-7(12)9(5)10(6)14/h1-4,12H. The maximum atomic E-state index is 11.5. The summed E-state index contributed by atoms with van der Waals surface area (Å²) >= 11 is 5.54. The number of carbonyl (C=O) groups is 2. The Morgan fingerprint density at radius 3 is 2.64 bits per heavy atom. The van der Waals surface area contributed by atoms with Crippen molar-refractivity contribution >= 4 is 23.2 Å². The summed E-state index contributed by atoms with van der Waals surface area (Å²) in [6.45, 7) is 0. The summed E-state index contributed by atoms with van der Waals surface area (Å²) in [5.41, 5.74) is 0.185. The highest BCUT2D eigenvalue weighted by atomic mass is 35.5. The number of phenolic OH excluding ortho intramolecular Hbond substituents is 1. The van der Waals surface area contributed by atoms with Gasteiger partial charge in [-0.15, -0.1) is 0 Å². The van der Waals surface area contributed by atoms with Crippen LogP contribution in [0.1, 0.15) is 20.7 Å². The largest absolute Gasteiger partial charge is 0.507 e. The van der Waals surface area contributed by atoms with E-state index in [-0.39, 0.29) is 27.7 Å². The Morgan fingerprint density at radius 2 is 1.93 bits per heavy atom. The first-order valence-corrected chi connectivity index (χ1v) is 4.27. The monoisotopic (exact) mass is 208 g/mol. The maximum Gasteiger partial charge on any atom is 0.208 e. The number of carbonyl (C=O) groups excluding carboxylic acids is 2. The van der Waals surface area contributed by atoms with Gasteiger partial charge in [-0.2, -0.15) is 0 Å². The van der Waals surface area contributed by atoms with Crippen molar-refractivity contribution in [3.8, 4) is 5.75 Å². The molecule has 0 amide bonds. The summed E-state index contributed by atoms with van der Waals surface area (Å²) in [7, 11) is 0. The van der Waals surface area contributed by atoms with E-state index in [0.29, 0.717) is 0 Å². The predicted octanol–water partition coefficient (Wildman–Crippen LogP) is 1.89. The van der Waals surface area contributed by atoms with Gasteiger partial charge in [-0.3, -0.25) is 9.59 Å². The summed E-state index contributed by atoms with van der Waals surface area (Å²) in [5.74, 6) is -1.09. The number of ketones is 2. The molecule has 0 unspecified atom stereocenters. The molecular weight excluding hydrogens is 204 g/mol. The zero-order chi connectivity index (χ0) is 10.3. The lowest BCUT2D eigenvalue weighted by Gasteiger charge is -2.11. The van der Waals surface area contributed by atoms with Gasteiger partial charge in [0, 0.05) is 11.6 Å². The Morgan fingerprint density at radius 1 is 1.21 bits per heavy atom. The van der Waals surface area contributed by atoms with Crippen molar-refractivity contribution in [3.05, 3.63) is 40.4 Å². The summed E-state index contributed by atoms with van der Waals surface area (Å²) in [6, 6.07) is 4.33. The van der Waals surface area contributed by atoms with Gasteiger partial charge in [0.05, 0.1) is 10.6 Å². The minimum atomic E-state index is -0.514. The van der Waals surface area contributed by atoms with Crippen molar-refractivity contribution < 1.29 is 14.7 Å². The zero-order valence-electron chi connectivity index (χ0n) is 6.95. The van der Waals surface area contributed by atoms with Crippen LogP contribution < -0.4 is 0 Å². The van der Waals surface area contributed by atoms with Gasteiger partial charge in [-0.1, -0.05) is 23.7 Å². The van der Waals surface area contributed by atoms with Gasteiger partial charge in [0.1, 0.15) is 5.75 Å². The van der Waals surface area contributed by atoms with E-state index in [1.165, 1.54) is 18.2 Å². The number of aromatic hydroxyl groups is 1. The topological polar surface area (TPSA) is 54.4 Å². The fourth-order valence-corrected chi connectivity index (χ4v) is 1.56. The molecule has 1 aliphatic carbocycles. The van der Waals surface area contributed by atoms with Crippen molar-refractivity contribution in [1.29, 1.82) is 0 Å². The number of Topliss-reactive ketones (excluding diaryl/α,β-unsaturated/α-hetero) is 1. The van der Waals surface area contributed by atoms with Crippen molar-refractivity contribution in [1.82, 2.24) is 0 Å². The average molecular weight is 209 g/mol. The Kier molecular flexibility index (Phi) is 1.89. The molecule has 3 nitrogen and oxygen atoms in total. The lowest BCUT2D eigenvalue weighted by Crippen LogP contribution is -2.14. The first kappa shape index (κ1) is 8.97. The highest BCUT2D eigenvalue weighted by Crippen LogP contribution is 2.29. The summed E-state index contributed by atoms with van der Waals surface area (Å²) < 4.78 is 0. The van der Waals surface area contributed by atoms with Gasteiger partial charge in [0.2, 0.25) is 5.78 Å². The number of halogens is 1. The molecule has 0 aromatic heterocycles. The Labute approximate surface area is 84.6 Å². The molecule has 70 valence electrons. The van der Waals surface area contributed by atoms with E-state index in [9.17, 15) is 14.7 Å². The predicted molar refractivity (Wildman–Crippen MR) is 50.7 cm³/mol. The second-order valence-corrected chi connectivity index (χ2v) is 3.29. The molecule has 0 fully saturated rings. The van der Waals surface area contributed by atoms with E-state index in [1.54, 1.807) is 0 Å². The molecule has 4 heteroatoms. The van der Waals surface area contributed by atoms with Crippen LogP contribution in [0.4, 0.5) is 0 Å². The third kappa shape index (κ3) is 1.14. The van der Waals surface area contributed by atoms with E-state index in [2.05, 4.69) is 0 Å². The van der Waals surface area contributed by atoms with Crippen LogP contribution >= 0.6 is 11.6 Å². The van der Waals surface area contributed by atoms with E-state index >= 15 is 0 Å². The van der Waals surface area contributed by atoms with Gasteiger partial charge < -0.3 is 5.11 Å². The fraction of sp³-hybridized carbons (Fsp3) is 0. The lowest BCUT2D eigenvalue weighted by atomic mass is 9.94. The third-order valence-electron chi connectivity index (χ3n) is 2.01. The third-order valence-corrected chi connectivity index (χ3v) is 2.29. The summed E-state index contributed by atoms with van der Waals surface area (Å²) in [4.78, 5) is 22.8. The minimum absolute atomic E-state index is 0.00926. The first-order chi connectivity index (χ1) is 6.61. The summed E-state index contributed by atoms with van der Waals surface area (Å²) in [5, 5.41) is 9.24. The Balaban J connectivity index is 2.76. The molecule has 2 rings (SSSR count). The SMILES string of the molecule is O=C1C=C(Cl)C(=O)c2c(O)cccc21. The maximum absolute atomic E-state index is 11.5. The smallest absolute Gasteiger partial charge is 0.208 e. The Bertz CT molecular complexity index is 474. The normalized spacial score (nSPS) is 15.1. The number of benzene rings is 1. The van der Waals surface area contributed by atoms with Crippen molar-refractivity contribution in [3.63, 3.8) is 0 Å². The Hall–Kier alpha value is -1.61. The number of phenols is 1. The van der Waals surface area contributed by atoms with Crippen LogP contribution in [-0.2, 0) is 0 Å². The van der Waals surface area contributed by atoms with E-state index in [0.717, 1.165) is 6.08 Å². The molecular formula is C10H5ClO3. The van der Waals surface area contributed by atoms with Crippen LogP contribution in [0.25, 0.3) is 0 Å². The molecule has 0 saturated heterocycles. The number of rotatable bonds is 0. The molecule has 0 heterocycles. The molecule has 1 aromatic rings. The highest BCUT2D eigenvalue weighted by Gasteiger charge is 2.26.